The zero-order valence-corrected chi connectivity index (χ0v) is 21.3. The van der Waals surface area contributed by atoms with Crippen LogP contribution in [0.4, 0.5) is 0 Å². The Hall–Kier alpha value is -4.87. The second kappa shape index (κ2) is 10.6. The molecule has 0 bridgehead atoms. The Morgan fingerprint density at radius 3 is 2.66 bits per heavy atom. The van der Waals surface area contributed by atoms with Gasteiger partial charge in [0.1, 0.15) is 5.56 Å². The molecule has 5 rings (SSSR count). The summed E-state index contributed by atoms with van der Waals surface area (Å²) in [7, 11) is 2.99. The van der Waals surface area contributed by atoms with Gasteiger partial charge in [-0.05, 0) is 46.0 Å². The number of esters is 1. The first kappa shape index (κ1) is 24.8. The third kappa shape index (κ3) is 4.51. The third-order valence-electron chi connectivity index (χ3n) is 6.44. The molecular weight excluding hydrogens is 486 g/mol. The van der Waals surface area contributed by atoms with Gasteiger partial charge < -0.3 is 4.74 Å². The Morgan fingerprint density at radius 2 is 1.92 bits per heavy atom. The molecule has 0 amide bonds. The van der Waals surface area contributed by atoms with E-state index in [1.807, 2.05) is 30.3 Å². The monoisotopic (exact) mass is 513 g/mol. The van der Waals surface area contributed by atoms with Gasteiger partial charge in [-0.2, -0.15) is 5.10 Å². The number of H-pyrrole nitrogens is 1. The molecule has 0 fully saturated rings. The lowest BCUT2D eigenvalue weighted by atomic mass is 9.96. The van der Waals surface area contributed by atoms with Crippen molar-refractivity contribution in [3.05, 3.63) is 82.4 Å². The number of methoxy groups -OCH3 is 1. The van der Waals surface area contributed by atoms with Crippen LogP contribution < -0.4 is 5.69 Å². The number of hydrogen-bond acceptors (Lipinski definition) is 8. The summed E-state index contributed by atoms with van der Waals surface area (Å²) in [4.78, 5) is 30.6. The molecule has 0 aliphatic carbocycles. The lowest BCUT2D eigenvalue weighted by molar-refractivity contribution is 0.0600. The van der Waals surface area contributed by atoms with Gasteiger partial charge in [0.05, 0.1) is 19.9 Å². The SMILES string of the molecule is CCCCc1cn(-c2c(C(=O)OC)cnn2C)c(=O)n1Cc1cnccc1-c1ccccc1-c1nnn[nH]1. The standard InChI is InChI=1S/C26H27N9O3/c1-4-5-8-18-16-35(24-22(25(36)38-3)14-28-33(24)2)26(37)34(18)15-17-13-27-12-11-19(17)20-9-6-7-10-21(20)23-29-31-32-30-23/h6-7,9-14,16H,4-5,8,15H2,1-3H3,(H,29,30,31,32). The molecule has 0 saturated heterocycles. The van der Waals surface area contributed by atoms with Gasteiger partial charge in [-0.1, -0.05) is 37.6 Å². The van der Waals surface area contributed by atoms with E-state index in [0.29, 0.717) is 18.1 Å². The maximum atomic E-state index is 13.9. The third-order valence-corrected chi connectivity index (χ3v) is 6.44. The van der Waals surface area contributed by atoms with E-state index in [9.17, 15) is 9.59 Å². The normalized spacial score (nSPS) is 11.1. The molecule has 12 heteroatoms. The molecule has 0 spiro atoms. The lowest BCUT2D eigenvalue weighted by Gasteiger charge is -2.14. The summed E-state index contributed by atoms with van der Waals surface area (Å²) in [5, 5.41) is 18.5. The summed E-state index contributed by atoms with van der Waals surface area (Å²) in [5.41, 5.74) is 4.27. The maximum absolute atomic E-state index is 13.9. The van der Waals surface area contributed by atoms with Crippen molar-refractivity contribution >= 4 is 5.97 Å². The minimum atomic E-state index is -0.559. The molecule has 1 aromatic carbocycles. The summed E-state index contributed by atoms with van der Waals surface area (Å²) >= 11 is 0. The molecular formula is C26H27N9O3. The number of aryl methyl sites for hydroxylation is 2. The van der Waals surface area contributed by atoms with Crippen molar-refractivity contribution in [2.75, 3.05) is 7.11 Å². The molecule has 0 unspecified atom stereocenters. The van der Waals surface area contributed by atoms with Crippen molar-refractivity contribution in [3.63, 3.8) is 0 Å². The van der Waals surface area contributed by atoms with E-state index < -0.39 is 5.97 Å². The second-order valence-electron chi connectivity index (χ2n) is 8.79. The maximum Gasteiger partial charge on any atom is 0.343 e. The molecule has 4 aromatic heterocycles. The summed E-state index contributed by atoms with van der Waals surface area (Å²) in [6, 6.07) is 9.71. The van der Waals surface area contributed by atoms with Crippen LogP contribution in [0.1, 0.15) is 41.4 Å². The number of nitrogens with zero attached hydrogens (tertiary/aromatic N) is 8. The van der Waals surface area contributed by atoms with E-state index >= 15 is 0 Å². The quantitative estimate of drug-likeness (QED) is 0.297. The number of pyridine rings is 1. The van der Waals surface area contributed by atoms with Crippen LogP contribution in [0, 0.1) is 0 Å². The predicted octanol–water partition coefficient (Wildman–Crippen LogP) is 2.79. The van der Waals surface area contributed by atoms with Gasteiger partial charge >= 0.3 is 11.7 Å². The van der Waals surface area contributed by atoms with Crippen LogP contribution >= 0.6 is 0 Å². The van der Waals surface area contributed by atoms with Crippen LogP contribution in [0.5, 0.6) is 0 Å². The average molecular weight is 514 g/mol. The number of tetrazole rings is 1. The van der Waals surface area contributed by atoms with Gasteiger partial charge in [0.25, 0.3) is 0 Å². The van der Waals surface area contributed by atoms with Gasteiger partial charge in [0.15, 0.2) is 11.6 Å². The Morgan fingerprint density at radius 1 is 1.11 bits per heavy atom. The highest BCUT2D eigenvalue weighted by molar-refractivity contribution is 5.92. The van der Waals surface area contributed by atoms with E-state index in [0.717, 1.165) is 40.8 Å². The fraction of sp³-hybridized carbons (Fsp3) is 0.269. The minimum absolute atomic E-state index is 0.216. The number of imidazole rings is 1. The first-order chi connectivity index (χ1) is 18.5. The van der Waals surface area contributed by atoms with E-state index in [1.54, 1.807) is 30.2 Å². The smallest absolute Gasteiger partial charge is 0.343 e. The van der Waals surface area contributed by atoms with Crippen molar-refractivity contribution in [2.24, 2.45) is 7.05 Å². The van der Waals surface area contributed by atoms with Gasteiger partial charge in [-0.3, -0.25) is 18.8 Å². The molecule has 0 atom stereocenters. The summed E-state index contributed by atoms with van der Waals surface area (Å²) in [5.74, 6) is 0.339. The lowest BCUT2D eigenvalue weighted by Crippen LogP contribution is -2.27. The number of carbonyl (C=O) groups excluding carboxylic acids is 1. The Kier molecular flexibility index (Phi) is 6.94. The Bertz CT molecular complexity index is 1630. The van der Waals surface area contributed by atoms with E-state index in [-0.39, 0.29) is 17.8 Å². The van der Waals surface area contributed by atoms with Gasteiger partial charge in [-0.15, -0.1) is 5.10 Å². The topological polar surface area (TPSA) is 138 Å². The van der Waals surface area contributed by atoms with Crippen molar-refractivity contribution in [2.45, 2.75) is 32.7 Å². The number of carbonyl (C=O) groups is 1. The van der Waals surface area contributed by atoms with E-state index in [2.05, 4.69) is 37.6 Å². The summed E-state index contributed by atoms with van der Waals surface area (Å²) < 4.78 is 9.61. The molecule has 38 heavy (non-hydrogen) atoms. The molecule has 0 aliphatic heterocycles. The molecule has 0 aliphatic rings. The highest BCUT2D eigenvalue weighted by Crippen LogP contribution is 2.32. The highest BCUT2D eigenvalue weighted by atomic mass is 16.5. The van der Waals surface area contributed by atoms with Crippen molar-refractivity contribution in [1.29, 1.82) is 0 Å². The van der Waals surface area contributed by atoms with E-state index in [1.165, 1.54) is 22.6 Å². The zero-order valence-electron chi connectivity index (χ0n) is 21.3. The molecule has 0 radical (unpaired) electrons. The predicted molar refractivity (Wildman–Crippen MR) is 139 cm³/mol. The molecule has 4 heterocycles. The first-order valence-electron chi connectivity index (χ1n) is 12.2. The number of ether oxygens (including phenoxy) is 1. The number of benzene rings is 1. The molecule has 194 valence electrons. The summed E-state index contributed by atoms with van der Waals surface area (Å²) in [6.45, 7) is 2.38. The van der Waals surface area contributed by atoms with Crippen molar-refractivity contribution in [1.82, 2.24) is 44.5 Å². The van der Waals surface area contributed by atoms with Crippen LogP contribution in [-0.4, -0.2) is 57.6 Å². The molecule has 1 N–H and O–H groups in total. The first-order valence-corrected chi connectivity index (χ1v) is 12.2. The van der Waals surface area contributed by atoms with Crippen LogP contribution in [0.25, 0.3) is 28.3 Å². The minimum Gasteiger partial charge on any atom is -0.465 e. The fourth-order valence-corrected chi connectivity index (χ4v) is 4.56. The van der Waals surface area contributed by atoms with Crippen molar-refractivity contribution < 1.29 is 9.53 Å². The highest BCUT2D eigenvalue weighted by Gasteiger charge is 2.23. The van der Waals surface area contributed by atoms with Crippen LogP contribution in [0.15, 0.2) is 59.9 Å². The fourth-order valence-electron chi connectivity index (χ4n) is 4.56. The Labute approximate surface area is 217 Å². The van der Waals surface area contributed by atoms with Gasteiger partial charge in [0.2, 0.25) is 0 Å². The van der Waals surface area contributed by atoms with Gasteiger partial charge in [-0.25, -0.2) is 14.7 Å². The molecule has 5 aromatic rings. The number of aromatic nitrogens is 9. The molecule has 0 saturated carbocycles. The second-order valence-corrected chi connectivity index (χ2v) is 8.79. The van der Waals surface area contributed by atoms with Crippen LogP contribution in [0.3, 0.4) is 0 Å². The number of hydrogen-bond donors (Lipinski definition) is 1. The largest absolute Gasteiger partial charge is 0.465 e. The van der Waals surface area contributed by atoms with E-state index in [4.69, 9.17) is 4.74 Å². The Balaban J connectivity index is 1.63. The van der Waals surface area contributed by atoms with Crippen LogP contribution in [0.2, 0.25) is 0 Å². The average Bonchev–Trinajstić information content (AvgIpc) is 3.68. The summed E-state index contributed by atoms with van der Waals surface area (Å²) in [6.07, 6.45) is 9.24. The number of nitrogens with one attached hydrogen (secondary N) is 1. The molecule has 12 nitrogen and oxygen atoms in total. The zero-order chi connectivity index (χ0) is 26.6. The van der Waals surface area contributed by atoms with Crippen LogP contribution in [-0.2, 0) is 24.8 Å². The number of aromatic amines is 1. The van der Waals surface area contributed by atoms with Crippen molar-refractivity contribution in [3.8, 4) is 28.3 Å². The van der Waals surface area contributed by atoms with Gasteiger partial charge in [0, 0.05) is 36.9 Å². The number of rotatable bonds is 9. The number of unbranched alkanes of at least 4 members (excludes halogenated alkanes) is 1.